The summed E-state index contributed by atoms with van der Waals surface area (Å²) in [7, 11) is 2.00. The second kappa shape index (κ2) is 14.1. The minimum absolute atomic E-state index is 0. The first-order valence-corrected chi connectivity index (χ1v) is 15.7. The zero-order valence-electron chi connectivity index (χ0n) is 26.1. The third-order valence-corrected chi connectivity index (χ3v) is 9.75. The lowest BCUT2D eigenvalue weighted by Crippen LogP contribution is -2.74. The molecule has 4 aliphatic rings. The molecule has 13 heteroatoms. The number of rotatable bonds is 13. The molecule has 13 nitrogen and oxygen atoms in total. The molecule has 1 saturated heterocycles. The molecule has 2 bridgehead atoms. The molecule has 0 saturated carbocycles. The minimum atomic E-state index is -1.25. The number of esters is 2. The number of carbonyl (C=O) groups excluding carboxylic acids is 4. The molecule has 0 aromatic heterocycles. The lowest BCUT2D eigenvalue weighted by molar-refractivity contribution is -0.175. The van der Waals surface area contributed by atoms with E-state index in [0.29, 0.717) is 56.5 Å². The van der Waals surface area contributed by atoms with E-state index in [0.717, 1.165) is 11.1 Å². The van der Waals surface area contributed by atoms with Crippen molar-refractivity contribution in [1.29, 1.82) is 0 Å². The van der Waals surface area contributed by atoms with Gasteiger partial charge in [-0.1, -0.05) is 19.6 Å². The second-order valence-electron chi connectivity index (χ2n) is 12.5. The van der Waals surface area contributed by atoms with E-state index in [2.05, 4.69) is 15.5 Å². The van der Waals surface area contributed by atoms with Crippen LogP contribution in [0.5, 0.6) is 5.75 Å². The summed E-state index contributed by atoms with van der Waals surface area (Å²) in [5.74, 6) is -1.49. The lowest BCUT2D eigenvalue weighted by Gasteiger charge is -2.61. The van der Waals surface area contributed by atoms with Crippen LogP contribution in [-0.4, -0.2) is 95.4 Å². The average molecular weight is 645 g/mol. The van der Waals surface area contributed by atoms with Crippen LogP contribution in [0.1, 0.15) is 76.5 Å². The second-order valence-corrected chi connectivity index (χ2v) is 12.5. The minimum Gasteiger partial charge on any atom is -0.481 e. The Labute approximate surface area is 269 Å². The molecule has 1 aromatic rings. The summed E-state index contributed by atoms with van der Waals surface area (Å²) in [5, 5.41) is 27.6. The standard InChI is InChI=1S/C32H44N4O9.CH4/c1-18(43-25(39)10-14-34-29(40)22(35-19(2)38)6-4-5-13-33)30(41)44-23-9-11-32(42)24-16-20-7-8-21(17-37)27-26(20)31(32,28(23)45-27)12-15-36(24)3;/h7-9,18,22,24,28,37,42H,4-6,10-17,33H2,1-3H3,(H,34,40)(H,35,38);1H4/t18-,22-,24+,28-,31-,32+;/m0./s1. The number of aliphatic hydroxyl groups is 2. The SMILES string of the molecule is C.CC(=O)N[C@@H](CCCCN)C(=O)NCCC(=O)O[C@@H](C)C(=O)OC1=CC[C@@]2(O)[C@H]3Cc4ccc(CO)c5c4[C@@]2(CCN3C)[C@H]1O5. The summed E-state index contributed by atoms with van der Waals surface area (Å²) in [6.45, 7) is 3.64. The maximum Gasteiger partial charge on any atom is 0.352 e. The van der Waals surface area contributed by atoms with Crippen molar-refractivity contribution in [3.8, 4) is 5.75 Å². The topological polar surface area (TPSA) is 190 Å². The number of aliphatic hydroxyl groups excluding tert-OH is 1. The lowest BCUT2D eigenvalue weighted by atomic mass is 9.50. The van der Waals surface area contributed by atoms with Crippen LogP contribution in [0.4, 0.5) is 0 Å². The summed E-state index contributed by atoms with van der Waals surface area (Å²) < 4.78 is 17.6. The van der Waals surface area contributed by atoms with Crippen LogP contribution >= 0.6 is 0 Å². The van der Waals surface area contributed by atoms with Crippen molar-refractivity contribution < 1.29 is 43.6 Å². The number of nitrogens with one attached hydrogen (secondary N) is 2. The Kier molecular flexibility index (Phi) is 10.8. The number of amides is 2. The molecule has 2 aliphatic carbocycles. The molecule has 46 heavy (non-hydrogen) atoms. The number of hydrogen-bond acceptors (Lipinski definition) is 11. The van der Waals surface area contributed by atoms with E-state index in [1.807, 2.05) is 19.2 Å². The first-order valence-electron chi connectivity index (χ1n) is 15.7. The third kappa shape index (κ3) is 6.13. The van der Waals surface area contributed by atoms with E-state index < -0.39 is 47.1 Å². The fraction of sp³-hybridized carbons (Fsp3) is 0.636. The smallest absolute Gasteiger partial charge is 0.352 e. The van der Waals surface area contributed by atoms with E-state index in [9.17, 15) is 29.4 Å². The van der Waals surface area contributed by atoms with Crippen LogP contribution in [0.2, 0.25) is 0 Å². The molecule has 6 atom stereocenters. The predicted octanol–water partition coefficient (Wildman–Crippen LogP) is 0.708. The number of piperidine rings is 1. The van der Waals surface area contributed by atoms with Crippen LogP contribution in [-0.2, 0) is 47.1 Å². The van der Waals surface area contributed by atoms with Gasteiger partial charge < -0.3 is 45.7 Å². The summed E-state index contributed by atoms with van der Waals surface area (Å²) in [5.41, 5.74) is 6.02. The fourth-order valence-corrected chi connectivity index (χ4v) is 7.55. The molecule has 6 N–H and O–H groups in total. The van der Waals surface area contributed by atoms with Gasteiger partial charge in [0, 0.05) is 37.1 Å². The van der Waals surface area contributed by atoms with E-state index in [1.165, 1.54) is 13.8 Å². The van der Waals surface area contributed by atoms with Gasteiger partial charge in [0.15, 0.2) is 12.2 Å². The van der Waals surface area contributed by atoms with Crippen molar-refractivity contribution in [3.05, 3.63) is 40.7 Å². The number of likely N-dealkylation sites (N-methyl/N-ethyl adjacent to an activating group) is 1. The molecule has 0 radical (unpaired) electrons. The number of unbranched alkanes of at least 4 members (excludes halogenated alkanes) is 1. The monoisotopic (exact) mass is 644 g/mol. The van der Waals surface area contributed by atoms with E-state index >= 15 is 0 Å². The molecule has 254 valence electrons. The van der Waals surface area contributed by atoms with Crippen LogP contribution in [0.25, 0.3) is 0 Å². The Hall–Kier alpha value is -3.52. The maximum atomic E-state index is 13.2. The van der Waals surface area contributed by atoms with Crippen molar-refractivity contribution in [2.24, 2.45) is 5.73 Å². The number of hydrogen-bond donors (Lipinski definition) is 5. The molecule has 2 amide bonds. The highest BCUT2D eigenvalue weighted by Crippen LogP contribution is 2.64. The Balaban J connectivity index is 0.00000480. The first-order chi connectivity index (χ1) is 21.5. The molecule has 1 fully saturated rings. The molecule has 1 spiro atoms. The summed E-state index contributed by atoms with van der Waals surface area (Å²) in [4.78, 5) is 51.9. The van der Waals surface area contributed by atoms with Gasteiger partial charge in [0.25, 0.3) is 0 Å². The maximum absolute atomic E-state index is 13.2. The highest BCUT2D eigenvalue weighted by Gasteiger charge is 2.71. The van der Waals surface area contributed by atoms with Gasteiger partial charge in [0.05, 0.1) is 24.0 Å². The molecule has 0 unspecified atom stereocenters. The van der Waals surface area contributed by atoms with Gasteiger partial charge in [0.1, 0.15) is 17.6 Å². The van der Waals surface area contributed by atoms with Crippen LogP contribution in [0, 0.1) is 0 Å². The number of benzene rings is 1. The first kappa shape index (κ1) is 35.3. The van der Waals surface area contributed by atoms with Crippen LogP contribution in [0.3, 0.4) is 0 Å². The highest BCUT2D eigenvalue weighted by atomic mass is 16.6. The van der Waals surface area contributed by atoms with E-state index in [1.54, 1.807) is 6.08 Å². The van der Waals surface area contributed by atoms with E-state index in [4.69, 9.17) is 19.9 Å². The van der Waals surface area contributed by atoms with Crippen LogP contribution < -0.4 is 21.1 Å². The fourth-order valence-electron chi connectivity index (χ4n) is 7.55. The molecule has 2 aliphatic heterocycles. The normalized spacial score (nSPS) is 26.7. The van der Waals surface area contributed by atoms with Crippen molar-refractivity contribution in [1.82, 2.24) is 15.5 Å². The summed E-state index contributed by atoms with van der Waals surface area (Å²) >= 11 is 0. The summed E-state index contributed by atoms with van der Waals surface area (Å²) in [6.07, 6.45) is 2.68. The van der Waals surface area contributed by atoms with Gasteiger partial charge >= 0.3 is 11.9 Å². The number of carbonyl (C=O) groups is 4. The van der Waals surface area contributed by atoms with Gasteiger partial charge in [-0.2, -0.15) is 0 Å². The molecule has 5 rings (SSSR count). The number of ether oxygens (including phenoxy) is 3. The zero-order chi connectivity index (χ0) is 32.5. The van der Waals surface area contributed by atoms with Crippen molar-refractivity contribution >= 4 is 23.8 Å². The number of nitrogens with two attached hydrogens (primary N) is 1. The Morgan fingerprint density at radius 3 is 2.70 bits per heavy atom. The van der Waals surface area contributed by atoms with Gasteiger partial charge in [-0.15, -0.1) is 0 Å². The molecule has 1 aromatic carbocycles. The Morgan fingerprint density at radius 1 is 1.24 bits per heavy atom. The Bertz CT molecular complexity index is 1380. The largest absolute Gasteiger partial charge is 0.481 e. The number of likely N-dealkylation sites (tertiary alicyclic amines) is 1. The van der Waals surface area contributed by atoms with Crippen molar-refractivity contribution in [2.75, 3.05) is 26.7 Å². The van der Waals surface area contributed by atoms with Crippen molar-refractivity contribution in [3.63, 3.8) is 0 Å². The average Bonchev–Trinajstić information content (AvgIpc) is 3.35. The highest BCUT2D eigenvalue weighted by molar-refractivity contribution is 5.87. The van der Waals surface area contributed by atoms with Crippen LogP contribution in [0.15, 0.2) is 24.0 Å². The van der Waals surface area contributed by atoms with Gasteiger partial charge in [-0.3, -0.25) is 14.4 Å². The molecular formula is C33H48N4O9. The Morgan fingerprint density at radius 2 is 2.00 bits per heavy atom. The predicted molar refractivity (Wildman–Crippen MR) is 167 cm³/mol. The van der Waals surface area contributed by atoms with E-state index in [-0.39, 0.29) is 51.1 Å². The van der Waals surface area contributed by atoms with Gasteiger partial charge in [0.2, 0.25) is 11.8 Å². The van der Waals surface area contributed by atoms with Gasteiger partial charge in [-0.25, -0.2) is 4.79 Å². The van der Waals surface area contributed by atoms with Gasteiger partial charge in [-0.05, 0) is 70.8 Å². The molecule has 2 heterocycles. The quantitative estimate of drug-likeness (QED) is 0.150. The number of nitrogens with zero attached hydrogens (tertiary/aromatic N) is 1. The zero-order valence-corrected chi connectivity index (χ0v) is 26.1. The third-order valence-electron chi connectivity index (χ3n) is 9.75. The summed E-state index contributed by atoms with van der Waals surface area (Å²) in [6, 6.07) is 2.92. The molecular weight excluding hydrogens is 596 g/mol. The van der Waals surface area contributed by atoms with Crippen molar-refractivity contribution in [2.45, 2.75) is 108 Å².